The normalized spacial score (nSPS) is 20.1. The van der Waals surface area contributed by atoms with Crippen LogP contribution in [0.2, 0.25) is 0 Å². The number of anilines is 1. The van der Waals surface area contributed by atoms with Crippen molar-refractivity contribution < 1.29 is 9.18 Å². The van der Waals surface area contributed by atoms with Gasteiger partial charge in [-0.2, -0.15) is 0 Å². The van der Waals surface area contributed by atoms with E-state index < -0.39 is 5.82 Å². The fourth-order valence-electron chi connectivity index (χ4n) is 2.65. The van der Waals surface area contributed by atoms with Gasteiger partial charge in [0.2, 0.25) is 5.91 Å². The van der Waals surface area contributed by atoms with E-state index in [1.165, 1.54) is 6.07 Å². The van der Waals surface area contributed by atoms with Gasteiger partial charge in [-0.15, -0.1) is 12.4 Å². The maximum atomic E-state index is 13.7. The van der Waals surface area contributed by atoms with Crippen molar-refractivity contribution in [1.29, 1.82) is 0 Å². The van der Waals surface area contributed by atoms with Crippen molar-refractivity contribution in [2.45, 2.75) is 25.8 Å². The first-order valence-corrected chi connectivity index (χ1v) is 7.98. The minimum absolute atomic E-state index is 0. The number of carbonyl (C=O) groups excluding carboxylic acids is 1. The van der Waals surface area contributed by atoms with Crippen LogP contribution in [0.3, 0.4) is 0 Å². The topological polar surface area (TPSA) is 58.4 Å². The number of hydrogen-bond acceptors (Lipinski definition) is 3. The number of nitrogens with one attached hydrogen (secondary N) is 1. The lowest BCUT2D eigenvalue weighted by molar-refractivity contribution is -0.117. The number of piperidine rings is 1. The lowest BCUT2D eigenvalue weighted by atomic mass is 9.92. The van der Waals surface area contributed by atoms with E-state index in [1.54, 1.807) is 12.1 Å². The molecule has 2 atom stereocenters. The number of benzene rings is 1. The van der Waals surface area contributed by atoms with Gasteiger partial charge in [0, 0.05) is 17.1 Å². The molecule has 3 N–H and O–H groups in total. The van der Waals surface area contributed by atoms with Gasteiger partial charge in [-0.3, -0.25) is 9.69 Å². The summed E-state index contributed by atoms with van der Waals surface area (Å²) in [6, 6.07) is 4.73. The first-order valence-electron chi connectivity index (χ1n) is 7.18. The monoisotopic (exact) mass is 393 g/mol. The second-order valence-corrected chi connectivity index (χ2v) is 6.58. The largest absolute Gasteiger partial charge is 0.328 e. The molecule has 0 bridgehead atoms. The van der Waals surface area contributed by atoms with Crippen molar-refractivity contribution in [1.82, 2.24) is 4.90 Å². The molecule has 1 aromatic rings. The third kappa shape index (κ3) is 5.50. The Bertz CT molecular complexity index is 516. The highest BCUT2D eigenvalue weighted by Crippen LogP contribution is 2.20. The second-order valence-electron chi connectivity index (χ2n) is 5.67. The van der Waals surface area contributed by atoms with E-state index in [9.17, 15) is 9.18 Å². The number of carbonyl (C=O) groups is 1. The van der Waals surface area contributed by atoms with Crippen molar-refractivity contribution >= 4 is 39.9 Å². The summed E-state index contributed by atoms with van der Waals surface area (Å²) in [5, 5.41) is 2.62. The summed E-state index contributed by atoms with van der Waals surface area (Å²) in [5.74, 6) is -0.206. The molecule has 1 heterocycles. The molecule has 0 aliphatic carbocycles. The van der Waals surface area contributed by atoms with Crippen molar-refractivity contribution in [2.24, 2.45) is 11.7 Å². The maximum absolute atomic E-state index is 13.7. The zero-order valence-corrected chi connectivity index (χ0v) is 14.9. The third-order valence-corrected chi connectivity index (χ3v) is 4.35. The lowest BCUT2D eigenvalue weighted by Gasteiger charge is -2.34. The van der Waals surface area contributed by atoms with Crippen molar-refractivity contribution in [2.75, 3.05) is 25.0 Å². The van der Waals surface area contributed by atoms with Gasteiger partial charge < -0.3 is 11.1 Å². The molecule has 1 aliphatic heterocycles. The number of rotatable bonds is 4. The molecule has 0 aromatic heterocycles. The summed E-state index contributed by atoms with van der Waals surface area (Å²) in [7, 11) is 0. The molecule has 1 aromatic carbocycles. The van der Waals surface area contributed by atoms with Gasteiger partial charge in [-0.25, -0.2) is 4.39 Å². The molecule has 2 unspecified atom stereocenters. The molecule has 4 nitrogen and oxygen atoms in total. The molecule has 124 valence electrons. The summed E-state index contributed by atoms with van der Waals surface area (Å²) >= 11 is 3.19. The fraction of sp³-hybridized carbons (Fsp3) is 0.533. The van der Waals surface area contributed by atoms with E-state index in [4.69, 9.17) is 5.73 Å². The van der Waals surface area contributed by atoms with Crippen molar-refractivity contribution in [3.05, 3.63) is 28.5 Å². The summed E-state index contributed by atoms with van der Waals surface area (Å²) < 4.78 is 14.3. The number of hydrogen-bond donors (Lipinski definition) is 2. The van der Waals surface area contributed by atoms with Crippen LogP contribution in [0.25, 0.3) is 0 Å². The lowest BCUT2D eigenvalue weighted by Crippen LogP contribution is -2.45. The SMILES string of the molecule is CC(N)C1CCCN(CC(=O)Nc2ccc(Br)cc2F)C1.Cl. The van der Waals surface area contributed by atoms with E-state index in [1.807, 2.05) is 6.92 Å². The first kappa shape index (κ1) is 19.4. The fourth-order valence-corrected chi connectivity index (χ4v) is 2.98. The van der Waals surface area contributed by atoms with Crippen LogP contribution < -0.4 is 11.1 Å². The van der Waals surface area contributed by atoms with Gasteiger partial charge in [0.25, 0.3) is 0 Å². The molecular weight excluding hydrogens is 373 g/mol. The number of likely N-dealkylation sites (tertiary alicyclic amines) is 1. The van der Waals surface area contributed by atoms with E-state index in [0.29, 0.717) is 10.4 Å². The second kappa shape index (κ2) is 8.82. The summed E-state index contributed by atoms with van der Waals surface area (Å²) in [4.78, 5) is 14.1. The van der Waals surface area contributed by atoms with Crippen LogP contribution in [0.4, 0.5) is 10.1 Å². The Kier molecular flexibility index (Phi) is 7.76. The number of halogens is 3. The van der Waals surface area contributed by atoms with E-state index in [0.717, 1.165) is 25.9 Å². The van der Waals surface area contributed by atoms with Crippen LogP contribution in [0.1, 0.15) is 19.8 Å². The molecular formula is C15H22BrClFN3O. The van der Waals surface area contributed by atoms with Crippen LogP contribution >= 0.6 is 28.3 Å². The molecule has 22 heavy (non-hydrogen) atoms. The van der Waals surface area contributed by atoms with Gasteiger partial charge in [0.1, 0.15) is 5.82 Å². The van der Waals surface area contributed by atoms with Gasteiger partial charge >= 0.3 is 0 Å². The van der Waals surface area contributed by atoms with Crippen molar-refractivity contribution in [3.8, 4) is 0 Å². The highest BCUT2D eigenvalue weighted by molar-refractivity contribution is 9.10. The Labute approximate surface area is 145 Å². The van der Waals surface area contributed by atoms with Crippen molar-refractivity contribution in [3.63, 3.8) is 0 Å². The summed E-state index contributed by atoms with van der Waals surface area (Å²) in [6.45, 7) is 4.00. The molecule has 7 heteroatoms. The Morgan fingerprint density at radius 2 is 2.32 bits per heavy atom. The minimum Gasteiger partial charge on any atom is -0.328 e. The number of nitrogens with two attached hydrogens (primary N) is 1. The number of amides is 1. The van der Waals surface area contributed by atoms with Gasteiger partial charge in [0.05, 0.1) is 12.2 Å². The quantitative estimate of drug-likeness (QED) is 0.825. The zero-order chi connectivity index (χ0) is 15.4. The molecule has 0 saturated carbocycles. The minimum atomic E-state index is -0.440. The molecule has 2 rings (SSSR count). The molecule has 0 radical (unpaired) electrons. The molecule has 1 amide bonds. The Morgan fingerprint density at radius 1 is 1.59 bits per heavy atom. The highest BCUT2D eigenvalue weighted by atomic mass is 79.9. The van der Waals surface area contributed by atoms with Crippen LogP contribution in [-0.2, 0) is 4.79 Å². The Morgan fingerprint density at radius 3 is 2.95 bits per heavy atom. The molecule has 0 spiro atoms. The standard InChI is InChI=1S/C15H21BrFN3O.ClH/c1-10(18)11-3-2-6-20(8-11)9-15(21)19-14-5-4-12(16)7-13(14)17;/h4-5,7,10-11H,2-3,6,8-9,18H2,1H3,(H,19,21);1H. The predicted octanol–water partition coefficient (Wildman–Crippen LogP) is 3.01. The van der Waals surface area contributed by atoms with Crippen LogP contribution in [0, 0.1) is 11.7 Å². The maximum Gasteiger partial charge on any atom is 0.238 e. The van der Waals surface area contributed by atoms with Crippen LogP contribution in [-0.4, -0.2) is 36.5 Å². The molecule has 1 fully saturated rings. The van der Waals surface area contributed by atoms with Gasteiger partial charge in [-0.1, -0.05) is 15.9 Å². The van der Waals surface area contributed by atoms with Gasteiger partial charge in [0.15, 0.2) is 0 Å². The summed E-state index contributed by atoms with van der Waals surface area (Å²) in [6.07, 6.45) is 2.16. The Hall–Kier alpha value is -0.690. The highest BCUT2D eigenvalue weighted by Gasteiger charge is 2.24. The van der Waals surface area contributed by atoms with Crippen LogP contribution in [0.15, 0.2) is 22.7 Å². The van der Waals surface area contributed by atoms with E-state index in [2.05, 4.69) is 26.1 Å². The summed E-state index contributed by atoms with van der Waals surface area (Å²) in [5.41, 5.74) is 6.15. The van der Waals surface area contributed by atoms with E-state index in [-0.39, 0.29) is 36.6 Å². The molecule has 1 saturated heterocycles. The first-order chi connectivity index (χ1) is 9.95. The predicted molar refractivity (Wildman–Crippen MR) is 92.8 cm³/mol. The third-order valence-electron chi connectivity index (χ3n) is 3.86. The Balaban J connectivity index is 0.00000242. The van der Waals surface area contributed by atoms with Gasteiger partial charge in [-0.05, 0) is 50.4 Å². The van der Waals surface area contributed by atoms with Crippen LogP contribution in [0.5, 0.6) is 0 Å². The average molecular weight is 395 g/mol. The average Bonchev–Trinajstić information content (AvgIpc) is 2.42. The molecule has 1 aliphatic rings. The zero-order valence-electron chi connectivity index (χ0n) is 12.5. The number of nitrogens with zero attached hydrogens (tertiary/aromatic N) is 1. The van der Waals surface area contributed by atoms with E-state index >= 15 is 0 Å². The smallest absolute Gasteiger partial charge is 0.238 e.